The van der Waals surface area contributed by atoms with E-state index < -0.39 is 0 Å². The smallest absolute Gasteiger partial charge is 0.243 e. The number of rotatable bonds is 1. The number of amides is 1. The Balaban J connectivity index is 1.76. The highest BCUT2D eigenvalue weighted by molar-refractivity contribution is 6.31. The molecule has 1 amide bonds. The molecule has 0 aromatic heterocycles. The monoisotopic (exact) mass is 308 g/mol. The Morgan fingerprint density at radius 1 is 1.43 bits per heavy atom. The van der Waals surface area contributed by atoms with Crippen LogP contribution in [0.15, 0.2) is 18.2 Å². The summed E-state index contributed by atoms with van der Waals surface area (Å²) in [6.07, 6.45) is 2.92. The number of hydrogen-bond acceptors (Lipinski definition) is 2. The second-order valence-corrected chi connectivity index (χ2v) is 6.93. The SMILES string of the molecule is CN1C[C@@H]2C[C@@H](c3ccc(F)cc3Cl)N3CCC[C@@]23C1=O. The van der Waals surface area contributed by atoms with Gasteiger partial charge in [-0.2, -0.15) is 0 Å². The maximum atomic E-state index is 13.3. The minimum absolute atomic E-state index is 0.142. The lowest BCUT2D eigenvalue weighted by molar-refractivity contribution is -0.135. The van der Waals surface area contributed by atoms with Gasteiger partial charge in [-0.15, -0.1) is 0 Å². The fourth-order valence-electron chi connectivity index (χ4n) is 4.77. The number of halogens is 2. The molecule has 0 aliphatic carbocycles. The molecular formula is C16H18ClFN2O. The molecule has 1 aromatic rings. The third kappa shape index (κ3) is 1.66. The molecule has 21 heavy (non-hydrogen) atoms. The zero-order chi connectivity index (χ0) is 14.8. The summed E-state index contributed by atoms with van der Waals surface area (Å²) in [5.74, 6) is 0.309. The molecule has 3 heterocycles. The first-order valence-corrected chi connectivity index (χ1v) is 7.89. The highest BCUT2D eigenvalue weighted by Crippen LogP contribution is 2.56. The van der Waals surface area contributed by atoms with E-state index in [-0.39, 0.29) is 23.3 Å². The van der Waals surface area contributed by atoms with E-state index in [0.29, 0.717) is 10.9 Å². The molecule has 3 atom stereocenters. The van der Waals surface area contributed by atoms with Gasteiger partial charge in [-0.3, -0.25) is 9.69 Å². The van der Waals surface area contributed by atoms with Gasteiger partial charge in [-0.05, 0) is 43.5 Å². The first-order chi connectivity index (χ1) is 10.0. The number of hydrogen-bond donors (Lipinski definition) is 0. The third-order valence-electron chi connectivity index (χ3n) is 5.56. The molecule has 5 heteroatoms. The summed E-state index contributed by atoms with van der Waals surface area (Å²) in [7, 11) is 1.89. The zero-order valence-corrected chi connectivity index (χ0v) is 12.7. The van der Waals surface area contributed by atoms with E-state index in [9.17, 15) is 9.18 Å². The Bertz CT molecular complexity index is 622. The van der Waals surface area contributed by atoms with Crippen LogP contribution >= 0.6 is 11.6 Å². The van der Waals surface area contributed by atoms with Gasteiger partial charge in [-0.25, -0.2) is 4.39 Å². The van der Waals surface area contributed by atoms with E-state index >= 15 is 0 Å². The standard InChI is InChI=1S/C16H18ClFN2O/c1-19-9-10-7-14(12-4-3-11(18)8-13(12)17)20-6-2-5-16(10,20)15(19)21/h3-4,8,10,14H,2,5-7,9H2,1H3/t10-,14-,16-/m0/s1. The maximum absolute atomic E-state index is 13.3. The summed E-state index contributed by atoms with van der Waals surface area (Å²) in [5, 5.41) is 0.475. The summed E-state index contributed by atoms with van der Waals surface area (Å²) < 4.78 is 13.3. The second-order valence-electron chi connectivity index (χ2n) is 6.52. The highest BCUT2D eigenvalue weighted by Gasteiger charge is 2.64. The zero-order valence-electron chi connectivity index (χ0n) is 12.0. The van der Waals surface area contributed by atoms with Crippen molar-refractivity contribution >= 4 is 17.5 Å². The molecule has 3 aliphatic heterocycles. The quantitative estimate of drug-likeness (QED) is 0.796. The van der Waals surface area contributed by atoms with Crippen LogP contribution in [0.25, 0.3) is 0 Å². The van der Waals surface area contributed by atoms with Crippen LogP contribution in [0.3, 0.4) is 0 Å². The van der Waals surface area contributed by atoms with E-state index in [0.717, 1.165) is 37.9 Å². The molecule has 3 nitrogen and oxygen atoms in total. The van der Waals surface area contributed by atoms with Crippen LogP contribution in [0.2, 0.25) is 5.02 Å². The Labute approximate surface area is 128 Å². The minimum Gasteiger partial charge on any atom is -0.344 e. The van der Waals surface area contributed by atoms with Crippen LogP contribution < -0.4 is 0 Å². The molecule has 3 saturated heterocycles. The Kier molecular flexibility index (Phi) is 2.86. The van der Waals surface area contributed by atoms with Crippen molar-refractivity contribution in [3.05, 3.63) is 34.6 Å². The first-order valence-electron chi connectivity index (χ1n) is 7.51. The number of benzene rings is 1. The molecule has 3 fully saturated rings. The van der Waals surface area contributed by atoms with E-state index in [4.69, 9.17) is 11.6 Å². The van der Waals surface area contributed by atoms with Crippen LogP contribution in [0.4, 0.5) is 4.39 Å². The molecule has 0 unspecified atom stereocenters. The summed E-state index contributed by atoms with van der Waals surface area (Å²) in [5.41, 5.74) is 0.640. The largest absolute Gasteiger partial charge is 0.344 e. The van der Waals surface area contributed by atoms with Crippen LogP contribution in [0.1, 0.15) is 30.9 Å². The van der Waals surface area contributed by atoms with E-state index in [1.54, 1.807) is 6.07 Å². The molecule has 0 bridgehead atoms. The van der Waals surface area contributed by atoms with Gasteiger partial charge in [0.05, 0.1) is 0 Å². The number of likely N-dealkylation sites (tertiary alicyclic amines) is 1. The average molecular weight is 309 g/mol. The fraction of sp³-hybridized carbons (Fsp3) is 0.562. The van der Waals surface area contributed by atoms with E-state index in [1.165, 1.54) is 12.1 Å². The predicted molar refractivity (Wildman–Crippen MR) is 78.6 cm³/mol. The summed E-state index contributed by atoms with van der Waals surface area (Å²) >= 11 is 6.26. The number of carbonyl (C=O) groups excluding carboxylic acids is 1. The fourth-order valence-corrected chi connectivity index (χ4v) is 5.06. The molecule has 1 spiro atoms. The van der Waals surface area contributed by atoms with Crippen LogP contribution in [-0.2, 0) is 4.79 Å². The third-order valence-corrected chi connectivity index (χ3v) is 5.89. The Morgan fingerprint density at radius 2 is 2.24 bits per heavy atom. The lowest BCUT2D eigenvalue weighted by atomic mass is 9.85. The van der Waals surface area contributed by atoms with Gasteiger partial charge >= 0.3 is 0 Å². The Morgan fingerprint density at radius 3 is 3.00 bits per heavy atom. The molecule has 4 rings (SSSR count). The summed E-state index contributed by atoms with van der Waals surface area (Å²) in [4.78, 5) is 16.9. The van der Waals surface area contributed by atoms with Gasteiger partial charge in [0.2, 0.25) is 5.91 Å². The second kappa shape index (κ2) is 4.43. The number of likely N-dealkylation sites (N-methyl/N-ethyl adjacent to an activating group) is 1. The molecule has 3 aliphatic rings. The van der Waals surface area contributed by atoms with Crippen LogP contribution in [0, 0.1) is 11.7 Å². The molecule has 112 valence electrons. The van der Waals surface area contributed by atoms with Crippen LogP contribution in [-0.4, -0.2) is 41.4 Å². The normalized spacial score (nSPS) is 35.4. The van der Waals surface area contributed by atoms with E-state index in [2.05, 4.69) is 4.90 Å². The topological polar surface area (TPSA) is 23.6 Å². The molecule has 0 radical (unpaired) electrons. The van der Waals surface area contributed by atoms with Crippen molar-refractivity contribution in [3.8, 4) is 0 Å². The molecule has 0 N–H and O–H groups in total. The van der Waals surface area contributed by atoms with Crippen molar-refractivity contribution < 1.29 is 9.18 Å². The maximum Gasteiger partial charge on any atom is 0.243 e. The van der Waals surface area contributed by atoms with Gasteiger partial charge in [0.15, 0.2) is 0 Å². The van der Waals surface area contributed by atoms with E-state index in [1.807, 2.05) is 11.9 Å². The summed E-state index contributed by atoms with van der Waals surface area (Å²) in [6, 6.07) is 4.76. The van der Waals surface area contributed by atoms with Crippen molar-refractivity contribution in [1.82, 2.24) is 9.80 Å². The lowest BCUT2D eigenvalue weighted by Gasteiger charge is -2.33. The molecule has 0 saturated carbocycles. The van der Waals surface area contributed by atoms with Gasteiger partial charge in [0, 0.05) is 30.6 Å². The molecular weight excluding hydrogens is 291 g/mol. The summed E-state index contributed by atoms with van der Waals surface area (Å²) in [6.45, 7) is 1.75. The molecule has 1 aromatic carbocycles. The number of nitrogens with zero attached hydrogens (tertiary/aromatic N) is 2. The Hall–Kier alpha value is -1.13. The highest BCUT2D eigenvalue weighted by atomic mass is 35.5. The van der Waals surface area contributed by atoms with Crippen molar-refractivity contribution in [2.45, 2.75) is 30.8 Å². The van der Waals surface area contributed by atoms with Crippen molar-refractivity contribution in [1.29, 1.82) is 0 Å². The van der Waals surface area contributed by atoms with Crippen LogP contribution in [0.5, 0.6) is 0 Å². The van der Waals surface area contributed by atoms with Gasteiger partial charge in [0.25, 0.3) is 0 Å². The first kappa shape index (κ1) is 13.5. The van der Waals surface area contributed by atoms with Gasteiger partial charge in [-0.1, -0.05) is 17.7 Å². The lowest BCUT2D eigenvalue weighted by Crippen LogP contribution is -2.49. The van der Waals surface area contributed by atoms with Crippen molar-refractivity contribution in [3.63, 3.8) is 0 Å². The van der Waals surface area contributed by atoms with Crippen molar-refractivity contribution in [2.24, 2.45) is 5.92 Å². The average Bonchev–Trinajstić information content (AvgIpc) is 3.04. The minimum atomic E-state index is -0.322. The van der Waals surface area contributed by atoms with Crippen molar-refractivity contribution in [2.75, 3.05) is 20.1 Å². The number of carbonyl (C=O) groups is 1. The van der Waals surface area contributed by atoms with Gasteiger partial charge in [0.1, 0.15) is 11.4 Å². The predicted octanol–water partition coefficient (Wildman–Crippen LogP) is 2.85. The van der Waals surface area contributed by atoms with Gasteiger partial charge < -0.3 is 4.90 Å².